The van der Waals surface area contributed by atoms with E-state index in [2.05, 4.69) is 42.8 Å². The van der Waals surface area contributed by atoms with Crippen LogP contribution in [0.3, 0.4) is 0 Å². The SMILES string of the molecule is CNCCOCCOCC#CC#CCC(C)C. The van der Waals surface area contributed by atoms with Crippen molar-refractivity contribution in [1.82, 2.24) is 5.32 Å². The zero-order valence-corrected chi connectivity index (χ0v) is 11.1. The lowest BCUT2D eigenvalue weighted by Crippen LogP contribution is -2.16. The van der Waals surface area contributed by atoms with Crippen LogP contribution in [-0.4, -0.2) is 40.0 Å². The normalized spacial score (nSPS) is 9.41. The lowest BCUT2D eigenvalue weighted by Gasteiger charge is -2.02. The highest BCUT2D eigenvalue weighted by Crippen LogP contribution is 1.95. The zero-order valence-electron chi connectivity index (χ0n) is 11.1. The predicted octanol–water partition coefficient (Wildman–Crippen LogP) is 1.29. The van der Waals surface area contributed by atoms with Crippen LogP contribution in [0.2, 0.25) is 0 Å². The number of hydrogen-bond acceptors (Lipinski definition) is 3. The minimum Gasteiger partial charge on any atom is -0.378 e. The summed E-state index contributed by atoms with van der Waals surface area (Å²) in [5, 5.41) is 3.00. The van der Waals surface area contributed by atoms with Crippen LogP contribution in [0, 0.1) is 29.6 Å². The summed E-state index contributed by atoms with van der Waals surface area (Å²) in [4.78, 5) is 0. The third-order valence-electron chi connectivity index (χ3n) is 1.79. The molecule has 0 spiro atoms. The van der Waals surface area contributed by atoms with Gasteiger partial charge < -0.3 is 14.8 Å². The Labute approximate surface area is 105 Å². The molecule has 0 fully saturated rings. The quantitative estimate of drug-likeness (QED) is 0.510. The zero-order chi connectivity index (χ0) is 12.8. The Hall–Kier alpha value is -1.000. The molecule has 0 rings (SSSR count). The molecular formula is C14H23NO2. The summed E-state index contributed by atoms with van der Waals surface area (Å²) in [5.41, 5.74) is 0. The summed E-state index contributed by atoms with van der Waals surface area (Å²) in [5.74, 6) is 12.0. The summed E-state index contributed by atoms with van der Waals surface area (Å²) >= 11 is 0. The topological polar surface area (TPSA) is 30.5 Å². The van der Waals surface area contributed by atoms with E-state index in [0.717, 1.165) is 13.0 Å². The van der Waals surface area contributed by atoms with Gasteiger partial charge in [0.25, 0.3) is 0 Å². The van der Waals surface area contributed by atoms with Gasteiger partial charge in [0, 0.05) is 13.0 Å². The van der Waals surface area contributed by atoms with Crippen molar-refractivity contribution >= 4 is 0 Å². The third-order valence-corrected chi connectivity index (χ3v) is 1.79. The molecule has 0 atom stereocenters. The smallest absolute Gasteiger partial charge is 0.108 e. The number of rotatable bonds is 8. The van der Waals surface area contributed by atoms with E-state index in [1.54, 1.807) is 0 Å². The Bertz CT molecular complexity index is 278. The largest absolute Gasteiger partial charge is 0.378 e. The van der Waals surface area contributed by atoms with Gasteiger partial charge in [0.1, 0.15) is 6.61 Å². The monoisotopic (exact) mass is 237 g/mol. The maximum Gasteiger partial charge on any atom is 0.108 e. The first-order chi connectivity index (χ1) is 8.27. The van der Waals surface area contributed by atoms with E-state index in [1.807, 2.05) is 7.05 Å². The average Bonchev–Trinajstić information content (AvgIpc) is 2.30. The Balaban J connectivity index is 3.27. The highest BCUT2D eigenvalue weighted by Gasteiger charge is 1.87. The van der Waals surface area contributed by atoms with Gasteiger partial charge in [-0.2, -0.15) is 0 Å². The summed E-state index contributed by atoms with van der Waals surface area (Å²) < 4.78 is 10.5. The van der Waals surface area contributed by atoms with Crippen LogP contribution in [0.25, 0.3) is 0 Å². The second kappa shape index (κ2) is 13.1. The Kier molecular flexibility index (Phi) is 12.3. The molecular weight excluding hydrogens is 214 g/mol. The molecule has 96 valence electrons. The first-order valence-corrected chi connectivity index (χ1v) is 6.03. The Morgan fingerprint density at radius 2 is 1.71 bits per heavy atom. The van der Waals surface area contributed by atoms with Crippen molar-refractivity contribution < 1.29 is 9.47 Å². The molecule has 3 nitrogen and oxygen atoms in total. The highest BCUT2D eigenvalue weighted by atomic mass is 16.5. The van der Waals surface area contributed by atoms with E-state index in [1.165, 1.54) is 0 Å². The highest BCUT2D eigenvalue weighted by molar-refractivity contribution is 5.25. The summed E-state index contributed by atoms with van der Waals surface area (Å²) in [7, 11) is 1.90. The predicted molar refractivity (Wildman–Crippen MR) is 70.6 cm³/mol. The maximum atomic E-state index is 5.28. The molecule has 0 aliphatic rings. The van der Waals surface area contributed by atoms with Crippen molar-refractivity contribution in [3.8, 4) is 23.7 Å². The third kappa shape index (κ3) is 15.0. The van der Waals surface area contributed by atoms with Crippen LogP contribution in [-0.2, 0) is 9.47 Å². The van der Waals surface area contributed by atoms with E-state index in [9.17, 15) is 0 Å². The molecule has 0 aliphatic carbocycles. The first kappa shape index (κ1) is 16.0. The second-order valence-corrected chi connectivity index (χ2v) is 3.97. The van der Waals surface area contributed by atoms with Crippen LogP contribution in [0.15, 0.2) is 0 Å². The fourth-order valence-electron chi connectivity index (χ4n) is 0.897. The Morgan fingerprint density at radius 1 is 1.00 bits per heavy atom. The fraction of sp³-hybridized carbons (Fsp3) is 0.714. The minimum atomic E-state index is 0.422. The first-order valence-electron chi connectivity index (χ1n) is 6.03. The van der Waals surface area contributed by atoms with Gasteiger partial charge in [0.2, 0.25) is 0 Å². The average molecular weight is 237 g/mol. The van der Waals surface area contributed by atoms with Gasteiger partial charge in [-0.1, -0.05) is 25.7 Å². The van der Waals surface area contributed by atoms with Gasteiger partial charge in [-0.25, -0.2) is 0 Å². The number of ether oxygens (including phenoxy) is 2. The molecule has 0 saturated heterocycles. The van der Waals surface area contributed by atoms with Crippen LogP contribution in [0.4, 0.5) is 0 Å². The van der Waals surface area contributed by atoms with Crippen LogP contribution in [0.1, 0.15) is 20.3 Å². The second-order valence-electron chi connectivity index (χ2n) is 3.97. The fourth-order valence-corrected chi connectivity index (χ4v) is 0.897. The van der Waals surface area contributed by atoms with E-state index in [0.29, 0.717) is 32.3 Å². The van der Waals surface area contributed by atoms with Crippen LogP contribution in [0.5, 0.6) is 0 Å². The molecule has 0 aromatic carbocycles. The molecule has 0 amide bonds. The number of nitrogens with one attached hydrogen (secondary N) is 1. The van der Waals surface area contributed by atoms with Gasteiger partial charge in [0.05, 0.1) is 19.8 Å². The van der Waals surface area contributed by atoms with Crippen molar-refractivity contribution in [1.29, 1.82) is 0 Å². The van der Waals surface area contributed by atoms with Crippen molar-refractivity contribution in [3.63, 3.8) is 0 Å². The Morgan fingerprint density at radius 3 is 2.41 bits per heavy atom. The molecule has 0 aromatic heterocycles. The number of hydrogen-bond donors (Lipinski definition) is 1. The molecule has 0 radical (unpaired) electrons. The molecule has 0 heterocycles. The van der Waals surface area contributed by atoms with Gasteiger partial charge in [-0.3, -0.25) is 0 Å². The van der Waals surface area contributed by atoms with Crippen molar-refractivity contribution in [2.45, 2.75) is 20.3 Å². The summed E-state index contributed by atoms with van der Waals surface area (Å²) in [6.45, 7) is 7.47. The molecule has 0 aromatic rings. The van der Waals surface area contributed by atoms with Gasteiger partial charge >= 0.3 is 0 Å². The van der Waals surface area contributed by atoms with Crippen molar-refractivity contribution in [2.75, 3.05) is 40.0 Å². The summed E-state index contributed by atoms with van der Waals surface area (Å²) in [6.07, 6.45) is 0.898. The molecule has 0 unspecified atom stereocenters. The molecule has 1 N–H and O–H groups in total. The summed E-state index contributed by atoms with van der Waals surface area (Å²) in [6, 6.07) is 0. The van der Waals surface area contributed by atoms with Crippen LogP contribution >= 0.6 is 0 Å². The molecule has 0 bridgehead atoms. The standard InChI is InChI=1S/C14H23NO2/c1-14(2)8-6-4-5-7-10-16-12-13-17-11-9-15-3/h14-15H,8-13H2,1-3H3. The van der Waals surface area contributed by atoms with Crippen LogP contribution < -0.4 is 5.32 Å². The molecule has 0 aliphatic heterocycles. The van der Waals surface area contributed by atoms with Crippen molar-refractivity contribution in [2.24, 2.45) is 5.92 Å². The van der Waals surface area contributed by atoms with E-state index >= 15 is 0 Å². The van der Waals surface area contributed by atoms with Gasteiger partial charge in [-0.15, -0.1) is 0 Å². The lowest BCUT2D eigenvalue weighted by molar-refractivity contribution is 0.0619. The maximum absolute atomic E-state index is 5.28. The minimum absolute atomic E-state index is 0.422. The van der Waals surface area contributed by atoms with E-state index in [4.69, 9.17) is 9.47 Å². The molecule has 17 heavy (non-hydrogen) atoms. The molecule has 3 heteroatoms. The van der Waals surface area contributed by atoms with E-state index in [-0.39, 0.29) is 0 Å². The lowest BCUT2D eigenvalue weighted by atomic mass is 10.1. The van der Waals surface area contributed by atoms with Crippen molar-refractivity contribution in [3.05, 3.63) is 0 Å². The van der Waals surface area contributed by atoms with Gasteiger partial charge in [0.15, 0.2) is 0 Å². The number of likely N-dealkylation sites (N-methyl/N-ethyl adjacent to an activating group) is 1. The molecule has 0 saturated carbocycles. The van der Waals surface area contributed by atoms with E-state index < -0.39 is 0 Å². The van der Waals surface area contributed by atoms with Gasteiger partial charge in [-0.05, 0) is 24.8 Å².